The van der Waals surface area contributed by atoms with Crippen molar-refractivity contribution in [2.24, 2.45) is 7.05 Å². The molecule has 0 unspecified atom stereocenters. The van der Waals surface area contributed by atoms with Gasteiger partial charge in [0.05, 0.1) is 6.54 Å². The summed E-state index contributed by atoms with van der Waals surface area (Å²) < 4.78 is 13.5. The molecule has 0 aliphatic carbocycles. The number of hydrogen-bond acceptors (Lipinski definition) is 4. The molecule has 0 fully saturated rings. The topological polar surface area (TPSA) is 56.6 Å². The van der Waals surface area contributed by atoms with Gasteiger partial charge in [0.1, 0.15) is 12.4 Å². The molecule has 1 aliphatic rings. The van der Waals surface area contributed by atoms with Gasteiger partial charge >= 0.3 is 0 Å². The highest BCUT2D eigenvalue weighted by molar-refractivity contribution is 5.82. The second-order valence-electron chi connectivity index (χ2n) is 6.91. The number of fused-ring (bicyclic) bond motifs is 1. The number of rotatable bonds is 3. The first-order chi connectivity index (χ1) is 11.4. The fourth-order valence-corrected chi connectivity index (χ4v) is 2.65. The zero-order chi connectivity index (χ0) is 17.3. The molecule has 1 aromatic heterocycles. The van der Waals surface area contributed by atoms with E-state index in [1.165, 1.54) is 0 Å². The maximum Gasteiger partial charge on any atom is 0.268 e. The van der Waals surface area contributed by atoms with Gasteiger partial charge in [0.2, 0.25) is 6.10 Å². The molecule has 1 amide bonds. The third-order valence-electron chi connectivity index (χ3n) is 4.08. The van der Waals surface area contributed by atoms with Crippen molar-refractivity contribution in [1.82, 2.24) is 14.5 Å². The van der Waals surface area contributed by atoms with E-state index >= 15 is 0 Å². The summed E-state index contributed by atoms with van der Waals surface area (Å²) in [6.45, 7) is 6.65. The molecule has 128 valence electrons. The SMILES string of the molecule is Cn1ccnc1CN(C(=O)[C@@H]1COc2ccccc2O1)C(C)(C)C. The number of para-hydroxylation sites is 2. The Morgan fingerprint density at radius 1 is 1.33 bits per heavy atom. The van der Waals surface area contributed by atoms with Crippen LogP contribution >= 0.6 is 0 Å². The monoisotopic (exact) mass is 329 g/mol. The van der Waals surface area contributed by atoms with Crippen molar-refractivity contribution < 1.29 is 14.3 Å². The van der Waals surface area contributed by atoms with Gasteiger partial charge < -0.3 is 18.9 Å². The minimum absolute atomic E-state index is 0.0972. The number of carbonyl (C=O) groups excluding carboxylic acids is 1. The Balaban J connectivity index is 1.81. The molecule has 0 bridgehead atoms. The summed E-state index contributed by atoms with van der Waals surface area (Å²) in [6, 6.07) is 7.40. The highest BCUT2D eigenvalue weighted by atomic mass is 16.6. The molecule has 0 N–H and O–H groups in total. The summed E-state index contributed by atoms with van der Waals surface area (Å²) in [4.78, 5) is 19.2. The smallest absolute Gasteiger partial charge is 0.268 e. The van der Waals surface area contributed by atoms with Crippen molar-refractivity contribution in [3.63, 3.8) is 0 Å². The minimum atomic E-state index is -0.653. The van der Waals surface area contributed by atoms with Crippen LogP contribution in [0.3, 0.4) is 0 Å². The van der Waals surface area contributed by atoms with E-state index in [4.69, 9.17) is 9.47 Å². The Bertz CT molecular complexity index is 733. The number of carbonyl (C=O) groups is 1. The summed E-state index contributed by atoms with van der Waals surface area (Å²) in [5, 5.41) is 0. The van der Waals surface area contributed by atoms with Crippen LogP contribution in [0.25, 0.3) is 0 Å². The summed E-state index contributed by atoms with van der Waals surface area (Å²) in [7, 11) is 1.92. The van der Waals surface area contributed by atoms with E-state index in [1.54, 1.807) is 11.1 Å². The number of aryl methyl sites for hydroxylation is 1. The van der Waals surface area contributed by atoms with Gasteiger partial charge in [-0.15, -0.1) is 0 Å². The predicted molar refractivity (Wildman–Crippen MR) is 89.9 cm³/mol. The van der Waals surface area contributed by atoms with E-state index in [2.05, 4.69) is 4.98 Å². The van der Waals surface area contributed by atoms with Crippen LogP contribution < -0.4 is 9.47 Å². The van der Waals surface area contributed by atoms with Gasteiger partial charge in [0.25, 0.3) is 5.91 Å². The number of hydrogen-bond donors (Lipinski definition) is 0. The maximum absolute atomic E-state index is 13.1. The standard InChI is InChI=1S/C18H23N3O3/c1-18(2,3)21(11-16-19-9-10-20(16)4)17(22)15-12-23-13-7-5-6-8-14(13)24-15/h5-10,15H,11-12H2,1-4H3/t15-/m0/s1. The molecule has 0 radical (unpaired) electrons. The molecule has 1 aliphatic heterocycles. The van der Waals surface area contributed by atoms with Gasteiger partial charge in [-0.3, -0.25) is 4.79 Å². The van der Waals surface area contributed by atoms with Crippen LogP contribution in [0.4, 0.5) is 0 Å². The van der Waals surface area contributed by atoms with Crippen LogP contribution in [0.2, 0.25) is 0 Å². The molecule has 6 nitrogen and oxygen atoms in total. The highest BCUT2D eigenvalue weighted by Crippen LogP contribution is 2.32. The van der Waals surface area contributed by atoms with Crippen molar-refractivity contribution in [2.75, 3.05) is 6.61 Å². The number of amides is 1. The number of ether oxygens (including phenoxy) is 2. The molecule has 3 rings (SSSR count). The van der Waals surface area contributed by atoms with Crippen LogP contribution in [0.15, 0.2) is 36.7 Å². The van der Waals surface area contributed by atoms with Crippen LogP contribution in [0.5, 0.6) is 11.5 Å². The highest BCUT2D eigenvalue weighted by Gasteiger charge is 2.36. The van der Waals surface area contributed by atoms with Gasteiger partial charge in [0, 0.05) is 25.0 Å². The zero-order valence-corrected chi connectivity index (χ0v) is 14.5. The van der Waals surface area contributed by atoms with E-state index < -0.39 is 6.10 Å². The van der Waals surface area contributed by atoms with Gasteiger partial charge in [-0.05, 0) is 32.9 Å². The van der Waals surface area contributed by atoms with Gasteiger partial charge in [-0.1, -0.05) is 12.1 Å². The van der Waals surface area contributed by atoms with Crippen molar-refractivity contribution >= 4 is 5.91 Å². The normalized spacial score (nSPS) is 16.8. The van der Waals surface area contributed by atoms with E-state index in [9.17, 15) is 4.79 Å². The summed E-state index contributed by atoms with van der Waals surface area (Å²) >= 11 is 0. The van der Waals surface area contributed by atoms with Crippen molar-refractivity contribution in [1.29, 1.82) is 0 Å². The predicted octanol–water partition coefficient (Wildman–Crippen LogP) is 2.39. The molecule has 24 heavy (non-hydrogen) atoms. The first-order valence-electron chi connectivity index (χ1n) is 8.02. The molecule has 1 aromatic carbocycles. The van der Waals surface area contributed by atoms with Gasteiger partial charge in [0.15, 0.2) is 11.5 Å². The Labute approximate surface area is 142 Å². The second-order valence-corrected chi connectivity index (χ2v) is 6.91. The molecule has 0 saturated heterocycles. The quantitative estimate of drug-likeness (QED) is 0.867. The fraction of sp³-hybridized carbons (Fsp3) is 0.444. The largest absolute Gasteiger partial charge is 0.485 e. The Morgan fingerprint density at radius 2 is 2.04 bits per heavy atom. The third-order valence-corrected chi connectivity index (χ3v) is 4.08. The lowest BCUT2D eigenvalue weighted by molar-refractivity contribution is -0.147. The molecule has 0 saturated carbocycles. The summed E-state index contributed by atoms with van der Waals surface area (Å²) in [5.74, 6) is 2.01. The fourth-order valence-electron chi connectivity index (χ4n) is 2.65. The molecular formula is C18H23N3O3. The van der Waals surface area contributed by atoms with Gasteiger partial charge in [-0.25, -0.2) is 4.98 Å². The first kappa shape index (κ1) is 16.4. The number of imidazole rings is 1. The Morgan fingerprint density at radius 3 is 2.67 bits per heavy atom. The Kier molecular flexibility index (Phi) is 4.22. The second kappa shape index (κ2) is 6.19. The van der Waals surface area contributed by atoms with Crippen molar-refractivity contribution in [2.45, 2.75) is 39.0 Å². The molecule has 6 heteroatoms. The van der Waals surface area contributed by atoms with E-state index in [-0.39, 0.29) is 18.1 Å². The molecule has 2 heterocycles. The molecule has 1 atom stereocenters. The first-order valence-corrected chi connectivity index (χ1v) is 8.02. The average molecular weight is 329 g/mol. The lowest BCUT2D eigenvalue weighted by Crippen LogP contribution is -2.53. The number of aromatic nitrogens is 2. The maximum atomic E-state index is 13.1. The van der Waals surface area contributed by atoms with Crippen molar-refractivity contribution in [3.8, 4) is 11.5 Å². The Hall–Kier alpha value is -2.50. The van der Waals surface area contributed by atoms with E-state index in [0.717, 1.165) is 5.82 Å². The van der Waals surface area contributed by atoms with Crippen LogP contribution in [0, 0.1) is 0 Å². The average Bonchev–Trinajstić information content (AvgIpc) is 2.95. The van der Waals surface area contributed by atoms with Crippen LogP contribution in [-0.2, 0) is 18.4 Å². The number of benzene rings is 1. The van der Waals surface area contributed by atoms with E-state index in [1.807, 2.05) is 62.8 Å². The van der Waals surface area contributed by atoms with Crippen LogP contribution in [0.1, 0.15) is 26.6 Å². The number of nitrogens with zero attached hydrogens (tertiary/aromatic N) is 3. The minimum Gasteiger partial charge on any atom is -0.485 e. The van der Waals surface area contributed by atoms with Gasteiger partial charge in [-0.2, -0.15) is 0 Å². The molecule has 2 aromatic rings. The van der Waals surface area contributed by atoms with Crippen LogP contribution in [-0.4, -0.2) is 38.6 Å². The third kappa shape index (κ3) is 3.22. The summed E-state index contributed by atoms with van der Waals surface area (Å²) in [5.41, 5.74) is -0.358. The van der Waals surface area contributed by atoms with E-state index in [0.29, 0.717) is 18.0 Å². The van der Waals surface area contributed by atoms with Crippen molar-refractivity contribution in [3.05, 3.63) is 42.5 Å². The zero-order valence-electron chi connectivity index (χ0n) is 14.5. The lowest BCUT2D eigenvalue weighted by atomic mass is 10.0. The summed E-state index contributed by atoms with van der Waals surface area (Å²) in [6.07, 6.45) is 2.95. The lowest BCUT2D eigenvalue weighted by Gasteiger charge is -2.38. The molecule has 0 spiro atoms. The molecular weight excluding hydrogens is 306 g/mol.